The zero-order chi connectivity index (χ0) is 22.2. The molecule has 4 aromatic rings. The van der Waals surface area contributed by atoms with Crippen LogP contribution in [0.5, 0.6) is 0 Å². The summed E-state index contributed by atoms with van der Waals surface area (Å²) in [4.78, 5) is 17.4. The molecule has 2 aromatic heterocycles. The molecule has 1 N–H and O–H groups in total. The van der Waals surface area contributed by atoms with Crippen LogP contribution in [-0.4, -0.2) is 20.7 Å². The van der Waals surface area contributed by atoms with E-state index in [1.807, 2.05) is 6.07 Å². The van der Waals surface area contributed by atoms with E-state index in [9.17, 15) is 18.0 Å². The van der Waals surface area contributed by atoms with E-state index in [1.165, 1.54) is 29.1 Å². The van der Waals surface area contributed by atoms with E-state index in [4.69, 9.17) is 11.6 Å². The van der Waals surface area contributed by atoms with Gasteiger partial charge >= 0.3 is 6.18 Å². The fraction of sp³-hybridized carbons (Fsp3) is 0.136. The summed E-state index contributed by atoms with van der Waals surface area (Å²) in [6.45, 7) is 0.196. The molecule has 0 saturated carbocycles. The lowest BCUT2D eigenvalue weighted by molar-refractivity contribution is -0.137. The minimum Gasteiger partial charge on any atom is -0.348 e. The number of amides is 1. The standard InChI is InChI=1S/C22H16ClF3N4O/c1-30-20-17(12-28-30)16(21(31)27-11-14-5-2-3-8-18(14)23)10-19(29-20)13-6-4-7-15(9-13)22(24,25)26/h2-10,12H,11H2,1H3,(H,27,31). The summed E-state index contributed by atoms with van der Waals surface area (Å²) in [6, 6.07) is 13.4. The van der Waals surface area contributed by atoms with Crippen LogP contribution in [-0.2, 0) is 19.8 Å². The van der Waals surface area contributed by atoms with Crippen molar-refractivity contribution in [2.75, 3.05) is 0 Å². The van der Waals surface area contributed by atoms with Crippen molar-refractivity contribution in [2.45, 2.75) is 12.7 Å². The van der Waals surface area contributed by atoms with Crippen molar-refractivity contribution in [3.63, 3.8) is 0 Å². The van der Waals surface area contributed by atoms with Crippen LogP contribution in [0.25, 0.3) is 22.3 Å². The third kappa shape index (κ3) is 4.25. The minimum absolute atomic E-state index is 0.196. The average molecular weight is 445 g/mol. The molecular formula is C22H16ClF3N4O. The van der Waals surface area contributed by atoms with Crippen LogP contribution in [0.2, 0.25) is 5.02 Å². The van der Waals surface area contributed by atoms with Crippen LogP contribution >= 0.6 is 11.6 Å². The first-order chi connectivity index (χ1) is 14.7. The number of fused-ring (bicyclic) bond motifs is 1. The topological polar surface area (TPSA) is 59.8 Å². The summed E-state index contributed by atoms with van der Waals surface area (Å²) >= 11 is 6.14. The van der Waals surface area contributed by atoms with Gasteiger partial charge in [-0.1, -0.05) is 41.9 Å². The third-order valence-electron chi connectivity index (χ3n) is 4.83. The summed E-state index contributed by atoms with van der Waals surface area (Å²) < 4.78 is 40.9. The van der Waals surface area contributed by atoms with Gasteiger partial charge < -0.3 is 5.32 Å². The number of benzene rings is 2. The maximum Gasteiger partial charge on any atom is 0.416 e. The molecule has 0 fully saturated rings. The molecule has 4 rings (SSSR count). The fourth-order valence-corrected chi connectivity index (χ4v) is 3.42. The second-order valence-electron chi connectivity index (χ2n) is 6.91. The third-order valence-corrected chi connectivity index (χ3v) is 5.20. The molecule has 0 atom stereocenters. The molecule has 0 aliphatic heterocycles. The number of rotatable bonds is 4. The van der Waals surface area contributed by atoms with Gasteiger partial charge in [0, 0.05) is 24.2 Å². The maximum absolute atomic E-state index is 13.1. The molecule has 2 heterocycles. The first-order valence-electron chi connectivity index (χ1n) is 9.26. The van der Waals surface area contributed by atoms with Crippen molar-refractivity contribution in [3.05, 3.63) is 82.5 Å². The number of nitrogens with one attached hydrogen (secondary N) is 1. The van der Waals surface area contributed by atoms with E-state index >= 15 is 0 Å². The Morgan fingerprint density at radius 2 is 1.90 bits per heavy atom. The van der Waals surface area contributed by atoms with Crippen molar-refractivity contribution in [1.29, 1.82) is 0 Å². The van der Waals surface area contributed by atoms with Gasteiger partial charge in [0.1, 0.15) is 0 Å². The number of aryl methyl sites for hydroxylation is 1. The van der Waals surface area contributed by atoms with Gasteiger partial charge in [-0.2, -0.15) is 18.3 Å². The minimum atomic E-state index is -4.48. The highest BCUT2D eigenvalue weighted by molar-refractivity contribution is 6.31. The Morgan fingerprint density at radius 1 is 1.13 bits per heavy atom. The lowest BCUT2D eigenvalue weighted by Gasteiger charge is -2.11. The summed E-state index contributed by atoms with van der Waals surface area (Å²) in [5.41, 5.74) is 1.09. The van der Waals surface area contributed by atoms with E-state index in [0.717, 1.165) is 17.7 Å². The second kappa shape index (κ2) is 8.03. The number of hydrogen-bond acceptors (Lipinski definition) is 3. The predicted octanol–water partition coefficient (Wildman–Crippen LogP) is 5.24. The monoisotopic (exact) mass is 444 g/mol. The molecule has 5 nitrogen and oxygen atoms in total. The van der Waals surface area contributed by atoms with Crippen LogP contribution in [0, 0.1) is 0 Å². The van der Waals surface area contributed by atoms with Crippen LogP contribution < -0.4 is 5.32 Å². The van der Waals surface area contributed by atoms with Crippen molar-refractivity contribution < 1.29 is 18.0 Å². The molecule has 0 bridgehead atoms. The molecule has 0 unspecified atom stereocenters. The quantitative estimate of drug-likeness (QED) is 0.468. The van der Waals surface area contributed by atoms with Crippen molar-refractivity contribution in [3.8, 4) is 11.3 Å². The highest BCUT2D eigenvalue weighted by Gasteiger charge is 2.30. The summed E-state index contributed by atoms with van der Waals surface area (Å²) in [5.74, 6) is -0.409. The van der Waals surface area contributed by atoms with E-state index in [2.05, 4.69) is 15.4 Å². The predicted molar refractivity (Wildman–Crippen MR) is 112 cm³/mol. The van der Waals surface area contributed by atoms with Crippen LogP contribution in [0.1, 0.15) is 21.5 Å². The number of hydrogen-bond donors (Lipinski definition) is 1. The highest BCUT2D eigenvalue weighted by Crippen LogP contribution is 2.32. The number of alkyl halides is 3. The second-order valence-corrected chi connectivity index (χ2v) is 7.32. The molecule has 0 aliphatic carbocycles. The van der Waals surface area contributed by atoms with Crippen molar-refractivity contribution in [2.24, 2.45) is 7.05 Å². The Hall–Kier alpha value is -3.39. The first-order valence-corrected chi connectivity index (χ1v) is 9.64. The fourth-order valence-electron chi connectivity index (χ4n) is 3.22. The normalized spacial score (nSPS) is 11.6. The van der Waals surface area contributed by atoms with Gasteiger partial charge in [0.15, 0.2) is 5.65 Å². The summed E-state index contributed by atoms with van der Waals surface area (Å²) in [5, 5.41) is 7.96. The highest BCUT2D eigenvalue weighted by atomic mass is 35.5. The van der Waals surface area contributed by atoms with Gasteiger partial charge in [-0.05, 0) is 29.8 Å². The molecular weight excluding hydrogens is 429 g/mol. The lowest BCUT2D eigenvalue weighted by Crippen LogP contribution is -2.23. The first kappa shape index (κ1) is 20.9. The number of pyridine rings is 1. The molecule has 0 saturated heterocycles. The Morgan fingerprint density at radius 3 is 2.65 bits per heavy atom. The number of halogens is 4. The number of nitrogens with zero attached hydrogens (tertiary/aromatic N) is 3. The van der Waals surface area contributed by atoms with Crippen LogP contribution in [0.4, 0.5) is 13.2 Å². The Labute approximate surface area is 180 Å². The Balaban J connectivity index is 1.74. The average Bonchev–Trinajstić information content (AvgIpc) is 3.12. The maximum atomic E-state index is 13.1. The van der Waals surface area contributed by atoms with Gasteiger partial charge in [0.25, 0.3) is 5.91 Å². The Kier molecular flexibility index (Phi) is 5.41. The summed E-state index contributed by atoms with van der Waals surface area (Å²) in [6.07, 6.45) is -2.98. The van der Waals surface area contributed by atoms with Crippen LogP contribution in [0.3, 0.4) is 0 Å². The Bertz CT molecular complexity index is 1280. The molecule has 2 aromatic carbocycles. The van der Waals surface area contributed by atoms with Crippen molar-refractivity contribution in [1.82, 2.24) is 20.1 Å². The zero-order valence-corrected chi connectivity index (χ0v) is 17.0. The van der Waals surface area contributed by atoms with Crippen LogP contribution in [0.15, 0.2) is 60.8 Å². The molecule has 1 amide bonds. The molecule has 158 valence electrons. The van der Waals surface area contributed by atoms with Gasteiger partial charge in [0.2, 0.25) is 0 Å². The van der Waals surface area contributed by atoms with Gasteiger partial charge in [-0.25, -0.2) is 4.98 Å². The largest absolute Gasteiger partial charge is 0.416 e. The van der Waals surface area contributed by atoms with Crippen molar-refractivity contribution >= 4 is 28.5 Å². The van der Waals surface area contributed by atoms with Gasteiger partial charge in [-0.3, -0.25) is 9.48 Å². The molecule has 0 spiro atoms. The molecule has 9 heteroatoms. The number of carbonyl (C=O) groups is 1. The smallest absolute Gasteiger partial charge is 0.348 e. The van der Waals surface area contributed by atoms with E-state index < -0.39 is 17.6 Å². The zero-order valence-electron chi connectivity index (χ0n) is 16.2. The van der Waals surface area contributed by atoms with E-state index in [-0.39, 0.29) is 23.4 Å². The number of aromatic nitrogens is 3. The van der Waals surface area contributed by atoms with Gasteiger partial charge in [0.05, 0.1) is 28.4 Å². The lowest BCUT2D eigenvalue weighted by atomic mass is 10.0. The SMILES string of the molecule is Cn1ncc2c(C(=O)NCc3ccccc3Cl)cc(-c3cccc(C(F)(F)F)c3)nc21. The molecule has 31 heavy (non-hydrogen) atoms. The van der Waals surface area contributed by atoms with Gasteiger partial charge in [-0.15, -0.1) is 0 Å². The molecule has 0 aliphatic rings. The summed E-state index contributed by atoms with van der Waals surface area (Å²) in [7, 11) is 1.65. The molecule has 0 radical (unpaired) electrons. The van der Waals surface area contributed by atoms with E-state index in [1.54, 1.807) is 25.2 Å². The number of carbonyl (C=O) groups excluding carboxylic acids is 1. The van der Waals surface area contributed by atoms with E-state index in [0.29, 0.717) is 16.1 Å².